The van der Waals surface area contributed by atoms with Crippen molar-refractivity contribution in [2.45, 2.75) is 39.7 Å². The summed E-state index contributed by atoms with van der Waals surface area (Å²) in [7, 11) is 0. The van der Waals surface area contributed by atoms with Crippen molar-refractivity contribution in [3.8, 4) is 0 Å². The van der Waals surface area contributed by atoms with Crippen molar-refractivity contribution < 1.29 is 23.8 Å². The van der Waals surface area contributed by atoms with Crippen LogP contribution in [0.25, 0.3) is 0 Å². The van der Waals surface area contributed by atoms with E-state index in [9.17, 15) is 9.59 Å². The average Bonchev–Trinajstić information content (AvgIpc) is 2.32. The van der Waals surface area contributed by atoms with Crippen molar-refractivity contribution in [3.05, 3.63) is 24.3 Å². The summed E-state index contributed by atoms with van der Waals surface area (Å²) in [4.78, 5) is 22.5. The average molecular weight is 284 g/mol. The summed E-state index contributed by atoms with van der Waals surface area (Å²) in [5, 5.41) is 0. The first-order valence-electron chi connectivity index (χ1n) is 6.45. The number of esters is 2. The topological polar surface area (TPSA) is 61.8 Å². The molecule has 0 heterocycles. The maximum absolute atomic E-state index is 11.4. The summed E-state index contributed by atoms with van der Waals surface area (Å²) in [5.41, 5.74) is 0.105. The first kappa shape index (κ1) is 18.4. The summed E-state index contributed by atoms with van der Waals surface area (Å²) in [6.45, 7) is 14.7. The molecule has 0 rings (SSSR count). The lowest BCUT2D eigenvalue weighted by Gasteiger charge is -2.25. The van der Waals surface area contributed by atoms with Gasteiger partial charge in [0.1, 0.15) is 12.2 Å². The molecule has 0 radical (unpaired) electrons. The molecule has 0 aromatic heterocycles. The fourth-order valence-electron chi connectivity index (χ4n) is 1.13. The predicted octanol–water partition coefficient (Wildman–Crippen LogP) is 2.41. The van der Waals surface area contributed by atoms with E-state index in [2.05, 4.69) is 13.2 Å². The van der Waals surface area contributed by atoms with E-state index in [1.165, 1.54) is 0 Å². The Bertz CT molecular complexity index is 382. The standard InChI is InChI=1S/C15H24O5/c1-11(2)13(16)19-10-9-18-8-7-15(5,6)20-14(17)12(3)4/h1,3,7-10H2,2,4-6H3. The van der Waals surface area contributed by atoms with Gasteiger partial charge in [0.05, 0.1) is 13.2 Å². The highest BCUT2D eigenvalue weighted by atomic mass is 16.6. The van der Waals surface area contributed by atoms with Gasteiger partial charge in [-0.1, -0.05) is 13.2 Å². The summed E-state index contributed by atoms with van der Waals surface area (Å²) < 4.78 is 15.5. The van der Waals surface area contributed by atoms with Gasteiger partial charge in [0.2, 0.25) is 0 Å². The third-order valence-corrected chi connectivity index (χ3v) is 2.38. The molecule has 0 aliphatic carbocycles. The zero-order valence-corrected chi connectivity index (χ0v) is 12.8. The zero-order valence-electron chi connectivity index (χ0n) is 12.8. The van der Waals surface area contributed by atoms with E-state index in [-0.39, 0.29) is 6.61 Å². The van der Waals surface area contributed by atoms with Crippen LogP contribution in [0, 0.1) is 0 Å². The molecule has 0 saturated carbocycles. The molecule has 0 aromatic rings. The van der Waals surface area contributed by atoms with Gasteiger partial charge in [-0.2, -0.15) is 0 Å². The molecule has 0 bridgehead atoms. The van der Waals surface area contributed by atoms with E-state index in [1.807, 2.05) is 0 Å². The lowest BCUT2D eigenvalue weighted by molar-refractivity contribution is -0.153. The van der Waals surface area contributed by atoms with Crippen LogP contribution < -0.4 is 0 Å². The summed E-state index contributed by atoms with van der Waals surface area (Å²) >= 11 is 0. The number of carbonyl (C=O) groups is 2. The lowest BCUT2D eigenvalue weighted by atomic mass is 10.1. The van der Waals surface area contributed by atoms with Crippen molar-refractivity contribution in [1.29, 1.82) is 0 Å². The second kappa shape index (κ2) is 8.53. The second-order valence-corrected chi connectivity index (χ2v) is 5.21. The molecule has 0 aliphatic rings. The molecule has 20 heavy (non-hydrogen) atoms. The third-order valence-electron chi connectivity index (χ3n) is 2.38. The van der Waals surface area contributed by atoms with Crippen LogP contribution in [0.4, 0.5) is 0 Å². The van der Waals surface area contributed by atoms with Gasteiger partial charge in [-0.3, -0.25) is 0 Å². The number of hydrogen-bond donors (Lipinski definition) is 0. The molecular formula is C15H24O5. The molecule has 0 unspecified atom stereocenters. The van der Waals surface area contributed by atoms with E-state index in [1.54, 1.807) is 27.7 Å². The van der Waals surface area contributed by atoms with Crippen LogP contribution in [0.15, 0.2) is 24.3 Å². The monoisotopic (exact) mass is 284 g/mol. The van der Waals surface area contributed by atoms with Crippen molar-refractivity contribution >= 4 is 11.9 Å². The maximum atomic E-state index is 11.4. The smallest absolute Gasteiger partial charge is 0.333 e. The first-order valence-corrected chi connectivity index (χ1v) is 6.45. The van der Waals surface area contributed by atoms with E-state index < -0.39 is 17.5 Å². The molecule has 114 valence electrons. The lowest BCUT2D eigenvalue weighted by Crippen LogP contribution is -2.30. The van der Waals surface area contributed by atoms with Crippen molar-refractivity contribution in [2.75, 3.05) is 19.8 Å². The summed E-state index contributed by atoms with van der Waals surface area (Å²) in [5.74, 6) is -0.838. The van der Waals surface area contributed by atoms with Crippen LogP contribution in [-0.2, 0) is 23.8 Å². The minimum atomic E-state index is -0.621. The highest BCUT2D eigenvalue weighted by molar-refractivity contribution is 5.87. The van der Waals surface area contributed by atoms with Crippen LogP contribution in [0.3, 0.4) is 0 Å². The highest BCUT2D eigenvalue weighted by Gasteiger charge is 2.22. The Morgan fingerprint density at radius 2 is 1.50 bits per heavy atom. The molecule has 5 heteroatoms. The molecular weight excluding hydrogens is 260 g/mol. The van der Waals surface area contributed by atoms with Crippen LogP contribution in [-0.4, -0.2) is 37.4 Å². The van der Waals surface area contributed by atoms with Gasteiger partial charge in [-0.05, 0) is 27.7 Å². The summed E-state index contributed by atoms with van der Waals surface area (Å²) in [6.07, 6.45) is 0.542. The quantitative estimate of drug-likeness (QED) is 0.369. The molecule has 0 saturated heterocycles. The number of ether oxygens (including phenoxy) is 3. The van der Waals surface area contributed by atoms with Gasteiger partial charge in [0.25, 0.3) is 0 Å². The van der Waals surface area contributed by atoms with Gasteiger partial charge >= 0.3 is 11.9 Å². The van der Waals surface area contributed by atoms with Crippen LogP contribution in [0.5, 0.6) is 0 Å². The summed E-state index contributed by atoms with van der Waals surface area (Å²) in [6, 6.07) is 0. The molecule has 0 amide bonds. The molecule has 0 fully saturated rings. The van der Waals surface area contributed by atoms with Crippen LogP contribution in [0.1, 0.15) is 34.1 Å². The SMILES string of the molecule is C=C(C)C(=O)OCCOCCC(C)(C)OC(=O)C(=C)C. The Labute approximate surface area is 120 Å². The third kappa shape index (κ3) is 8.48. The maximum Gasteiger partial charge on any atom is 0.333 e. The van der Waals surface area contributed by atoms with E-state index in [0.29, 0.717) is 30.8 Å². The molecule has 0 aliphatic heterocycles. The Morgan fingerprint density at radius 1 is 0.950 bits per heavy atom. The second-order valence-electron chi connectivity index (χ2n) is 5.21. The minimum absolute atomic E-state index is 0.178. The molecule has 0 aromatic carbocycles. The van der Waals surface area contributed by atoms with E-state index >= 15 is 0 Å². The zero-order chi connectivity index (χ0) is 15.8. The molecule has 0 spiro atoms. The fourth-order valence-corrected chi connectivity index (χ4v) is 1.13. The van der Waals surface area contributed by atoms with Crippen molar-refractivity contribution in [1.82, 2.24) is 0 Å². The molecule has 5 nitrogen and oxygen atoms in total. The van der Waals surface area contributed by atoms with E-state index in [4.69, 9.17) is 14.2 Å². The Hall–Kier alpha value is -1.62. The first-order chi connectivity index (χ1) is 9.15. The van der Waals surface area contributed by atoms with Crippen LogP contribution >= 0.6 is 0 Å². The minimum Gasteiger partial charge on any atom is -0.460 e. The number of rotatable bonds is 9. The van der Waals surface area contributed by atoms with Gasteiger partial charge in [-0.25, -0.2) is 9.59 Å². The number of carbonyl (C=O) groups excluding carboxylic acids is 2. The predicted molar refractivity (Wildman–Crippen MR) is 76.2 cm³/mol. The van der Waals surface area contributed by atoms with Gasteiger partial charge in [-0.15, -0.1) is 0 Å². The normalized spacial score (nSPS) is 10.8. The fraction of sp³-hybridized carbons (Fsp3) is 0.600. The van der Waals surface area contributed by atoms with Gasteiger partial charge in [0.15, 0.2) is 0 Å². The Balaban J connectivity index is 3.78. The van der Waals surface area contributed by atoms with Gasteiger partial charge in [0, 0.05) is 17.6 Å². The Kier molecular flexibility index (Phi) is 7.84. The van der Waals surface area contributed by atoms with Crippen molar-refractivity contribution in [3.63, 3.8) is 0 Å². The van der Waals surface area contributed by atoms with E-state index in [0.717, 1.165) is 0 Å². The van der Waals surface area contributed by atoms with Gasteiger partial charge < -0.3 is 14.2 Å². The molecule has 0 atom stereocenters. The van der Waals surface area contributed by atoms with Crippen LogP contribution in [0.2, 0.25) is 0 Å². The largest absolute Gasteiger partial charge is 0.460 e. The highest BCUT2D eigenvalue weighted by Crippen LogP contribution is 2.16. The van der Waals surface area contributed by atoms with Crippen molar-refractivity contribution in [2.24, 2.45) is 0 Å². The molecule has 0 N–H and O–H groups in total. The number of hydrogen-bond acceptors (Lipinski definition) is 5. The Morgan fingerprint density at radius 3 is 2.00 bits per heavy atom.